The molecule has 1 amide bonds. The molecule has 0 bridgehead atoms. The maximum atomic E-state index is 12.5. The second-order valence-corrected chi connectivity index (χ2v) is 8.63. The number of anilines is 1. The van der Waals surface area contributed by atoms with Gasteiger partial charge in [-0.05, 0) is 62.1 Å². The van der Waals surface area contributed by atoms with Gasteiger partial charge in [-0.25, -0.2) is 8.42 Å². The number of amides is 1. The third-order valence-corrected chi connectivity index (χ3v) is 6.51. The molecule has 7 heteroatoms. The number of benzene rings is 2. The smallest absolute Gasteiger partial charge is 0.262 e. The van der Waals surface area contributed by atoms with E-state index in [9.17, 15) is 13.2 Å². The highest BCUT2D eigenvalue weighted by Crippen LogP contribution is 2.23. The summed E-state index contributed by atoms with van der Waals surface area (Å²) in [6, 6.07) is 12.0. The quantitative estimate of drug-likeness (QED) is 0.825. The van der Waals surface area contributed by atoms with Crippen LogP contribution in [0, 0.1) is 13.8 Å². The number of nitrogens with one attached hydrogen (secondary N) is 1. The van der Waals surface area contributed by atoms with Gasteiger partial charge in [0.15, 0.2) is 6.61 Å². The van der Waals surface area contributed by atoms with Gasteiger partial charge in [-0.3, -0.25) is 4.79 Å². The van der Waals surface area contributed by atoms with E-state index in [1.165, 1.54) is 16.4 Å². The monoisotopic (exact) mass is 388 g/mol. The number of hydrogen-bond acceptors (Lipinski definition) is 4. The van der Waals surface area contributed by atoms with Crippen LogP contribution in [0.3, 0.4) is 0 Å². The van der Waals surface area contributed by atoms with E-state index in [1.807, 2.05) is 32.0 Å². The van der Waals surface area contributed by atoms with Gasteiger partial charge in [-0.1, -0.05) is 18.2 Å². The van der Waals surface area contributed by atoms with E-state index in [4.69, 9.17) is 4.74 Å². The first-order chi connectivity index (χ1) is 12.9. The van der Waals surface area contributed by atoms with Crippen LogP contribution in [-0.4, -0.2) is 38.3 Å². The van der Waals surface area contributed by atoms with Crippen molar-refractivity contribution in [3.8, 4) is 5.75 Å². The summed E-state index contributed by atoms with van der Waals surface area (Å²) < 4.78 is 32.2. The van der Waals surface area contributed by atoms with Crippen LogP contribution in [0.5, 0.6) is 5.75 Å². The molecular weight excluding hydrogens is 364 g/mol. The lowest BCUT2D eigenvalue weighted by molar-refractivity contribution is -0.118. The normalized spacial score (nSPS) is 14.9. The molecule has 1 aliphatic heterocycles. The van der Waals surface area contributed by atoms with Crippen LogP contribution < -0.4 is 10.1 Å². The van der Waals surface area contributed by atoms with Crippen molar-refractivity contribution >= 4 is 21.6 Å². The van der Waals surface area contributed by atoms with Gasteiger partial charge in [0.25, 0.3) is 5.91 Å². The van der Waals surface area contributed by atoms with Crippen molar-refractivity contribution in [3.05, 3.63) is 53.6 Å². The summed E-state index contributed by atoms with van der Waals surface area (Å²) in [5, 5.41) is 2.73. The number of carbonyl (C=O) groups excluding carboxylic acids is 1. The van der Waals surface area contributed by atoms with Crippen molar-refractivity contribution in [1.82, 2.24) is 4.31 Å². The lowest BCUT2D eigenvalue weighted by atomic mass is 10.1. The number of sulfonamides is 1. The summed E-state index contributed by atoms with van der Waals surface area (Å²) in [6.45, 7) is 4.88. The second kappa shape index (κ2) is 8.10. The highest BCUT2D eigenvalue weighted by molar-refractivity contribution is 7.89. The Morgan fingerprint density at radius 1 is 1.04 bits per heavy atom. The third-order valence-electron chi connectivity index (χ3n) is 4.60. The van der Waals surface area contributed by atoms with Crippen molar-refractivity contribution in [3.63, 3.8) is 0 Å². The Hall–Kier alpha value is -2.38. The van der Waals surface area contributed by atoms with Crippen molar-refractivity contribution in [2.24, 2.45) is 0 Å². The standard InChI is InChI=1S/C20H24N2O4S/c1-15-6-5-7-16(2)20(15)26-14-19(23)21-17-8-10-18(11-9-17)27(24,25)22-12-3-4-13-22/h5-11H,3-4,12-14H2,1-2H3,(H,21,23). The van der Waals surface area contributed by atoms with Crippen molar-refractivity contribution in [2.45, 2.75) is 31.6 Å². The van der Waals surface area contributed by atoms with E-state index in [-0.39, 0.29) is 17.4 Å². The maximum Gasteiger partial charge on any atom is 0.262 e. The van der Waals surface area contributed by atoms with Gasteiger partial charge in [-0.15, -0.1) is 0 Å². The molecule has 0 atom stereocenters. The fourth-order valence-corrected chi connectivity index (χ4v) is 4.67. The van der Waals surface area contributed by atoms with Crippen molar-refractivity contribution in [1.29, 1.82) is 0 Å². The van der Waals surface area contributed by atoms with Gasteiger partial charge >= 0.3 is 0 Å². The Morgan fingerprint density at radius 2 is 1.63 bits per heavy atom. The number of hydrogen-bond donors (Lipinski definition) is 1. The molecule has 0 spiro atoms. The average Bonchev–Trinajstić information content (AvgIpc) is 3.17. The first kappa shape index (κ1) is 19.4. The highest BCUT2D eigenvalue weighted by Gasteiger charge is 2.26. The molecule has 0 saturated carbocycles. The average molecular weight is 388 g/mol. The Balaban J connectivity index is 1.60. The molecule has 144 valence electrons. The first-order valence-electron chi connectivity index (χ1n) is 8.97. The maximum absolute atomic E-state index is 12.5. The molecule has 1 heterocycles. The van der Waals surface area contributed by atoms with Gasteiger partial charge in [-0.2, -0.15) is 4.31 Å². The number of rotatable bonds is 6. The van der Waals surface area contributed by atoms with E-state index in [0.717, 1.165) is 24.0 Å². The predicted molar refractivity (Wildman–Crippen MR) is 104 cm³/mol. The lowest BCUT2D eigenvalue weighted by Crippen LogP contribution is -2.27. The number of carbonyl (C=O) groups is 1. The van der Waals surface area contributed by atoms with Crippen LogP contribution in [-0.2, 0) is 14.8 Å². The highest BCUT2D eigenvalue weighted by atomic mass is 32.2. The molecule has 6 nitrogen and oxygen atoms in total. The Bertz CT molecular complexity index is 897. The minimum atomic E-state index is -3.44. The summed E-state index contributed by atoms with van der Waals surface area (Å²) in [5.74, 6) is 0.410. The molecule has 1 N–H and O–H groups in total. The Morgan fingerprint density at radius 3 is 2.22 bits per heavy atom. The molecule has 1 saturated heterocycles. The number of ether oxygens (including phenoxy) is 1. The number of aryl methyl sites for hydroxylation is 2. The van der Waals surface area contributed by atoms with Crippen LogP contribution >= 0.6 is 0 Å². The molecule has 27 heavy (non-hydrogen) atoms. The van der Waals surface area contributed by atoms with Crippen molar-refractivity contribution < 1.29 is 17.9 Å². The fourth-order valence-electron chi connectivity index (χ4n) is 3.15. The van der Waals surface area contributed by atoms with Crippen LogP contribution in [0.2, 0.25) is 0 Å². The van der Waals surface area contributed by atoms with Gasteiger partial charge in [0.1, 0.15) is 5.75 Å². The van der Waals surface area contributed by atoms with E-state index in [1.54, 1.807) is 12.1 Å². The minimum absolute atomic E-state index is 0.112. The minimum Gasteiger partial charge on any atom is -0.483 e. The van der Waals surface area contributed by atoms with E-state index in [0.29, 0.717) is 24.5 Å². The molecule has 0 radical (unpaired) electrons. The summed E-state index contributed by atoms with van der Waals surface area (Å²) >= 11 is 0. The van der Waals surface area contributed by atoms with Crippen LogP contribution in [0.15, 0.2) is 47.4 Å². The first-order valence-corrected chi connectivity index (χ1v) is 10.4. The lowest BCUT2D eigenvalue weighted by Gasteiger charge is -2.16. The predicted octanol–water partition coefficient (Wildman–Crippen LogP) is 3.11. The van der Waals surface area contributed by atoms with Gasteiger partial charge in [0, 0.05) is 18.8 Å². The van der Waals surface area contributed by atoms with Crippen LogP contribution in [0.4, 0.5) is 5.69 Å². The van der Waals surface area contributed by atoms with Crippen molar-refractivity contribution in [2.75, 3.05) is 25.0 Å². The zero-order chi connectivity index (χ0) is 19.4. The van der Waals surface area contributed by atoms with Gasteiger partial charge in [0.05, 0.1) is 4.90 Å². The molecule has 0 aromatic heterocycles. The third kappa shape index (κ3) is 4.48. The van der Waals surface area contributed by atoms with E-state index >= 15 is 0 Å². The Labute approximate surface area is 160 Å². The van der Waals surface area contributed by atoms with Gasteiger partial charge < -0.3 is 10.1 Å². The van der Waals surface area contributed by atoms with E-state index in [2.05, 4.69) is 5.32 Å². The molecule has 1 fully saturated rings. The van der Waals surface area contributed by atoms with Crippen LogP contribution in [0.1, 0.15) is 24.0 Å². The Kier molecular flexibility index (Phi) is 5.82. The summed E-state index contributed by atoms with van der Waals surface area (Å²) in [5.41, 5.74) is 2.48. The summed E-state index contributed by atoms with van der Waals surface area (Å²) in [4.78, 5) is 12.4. The molecule has 2 aromatic carbocycles. The topological polar surface area (TPSA) is 75.7 Å². The molecule has 1 aliphatic rings. The fraction of sp³-hybridized carbons (Fsp3) is 0.350. The second-order valence-electron chi connectivity index (χ2n) is 6.69. The summed E-state index contributed by atoms with van der Waals surface area (Å²) in [7, 11) is -3.44. The summed E-state index contributed by atoms with van der Waals surface area (Å²) in [6.07, 6.45) is 1.79. The molecule has 2 aromatic rings. The van der Waals surface area contributed by atoms with E-state index < -0.39 is 10.0 Å². The number of para-hydroxylation sites is 1. The molecule has 0 aliphatic carbocycles. The molecule has 3 rings (SSSR count). The number of nitrogens with zero attached hydrogens (tertiary/aromatic N) is 1. The molecule has 0 unspecified atom stereocenters. The zero-order valence-corrected chi connectivity index (χ0v) is 16.4. The SMILES string of the molecule is Cc1cccc(C)c1OCC(=O)Nc1ccc(S(=O)(=O)N2CCCC2)cc1. The zero-order valence-electron chi connectivity index (χ0n) is 15.6. The molecular formula is C20H24N2O4S. The largest absolute Gasteiger partial charge is 0.483 e. The van der Waals surface area contributed by atoms with Crippen LogP contribution in [0.25, 0.3) is 0 Å². The van der Waals surface area contributed by atoms with Gasteiger partial charge in [0.2, 0.25) is 10.0 Å².